The lowest BCUT2D eigenvalue weighted by atomic mass is 10.2. The molecule has 0 amide bonds. The van der Waals surface area contributed by atoms with Crippen LogP contribution >= 0.6 is 17.0 Å². The van der Waals surface area contributed by atoms with Gasteiger partial charge in [0.15, 0.2) is 11.6 Å². The van der Waals surface area contributed by atoms with Gasteiger partial charge >= 0.3 is 0 Å². The van der Waals surface area contributed by atoms with Crippen molar-refractivity contribution in [1.29, 1.82) is 0 Å². The highest BCUT2D eigenvalue weighted by molar-refractivity contribution is 8.93. The molecule has 0 spiro atoms. The summed E-state index contributed by atoms with van der Waals surface area (Å²) in [5, 5.41) is 0. The van der Waals surface area contributed by atoms with E-state index in [-0.39, 0.29) is 17.0 Å². The second-order valence-electron chi connectivity index (χ2n) is 1.87. The third-order valence-electron chi connectivity index (χ3n) is 1.14. The lowest BCUT2D eigenvalue weighted by Gasteiger charge is -1.93. The predicted molar refractivity (Wildman–Crippen MR) is 41.4 cm³/mol. The third-order valence-corrected chi connectivity index (χ3v) is 1.14. The quantitative estimate of drug-likeness (QED) is 0.616. The van der Waals surface area contributed by atoms with Crippen molar-refractivity contribution in [2.45, 2.75) is 6.92 Å². The van der Waals surface area contributed by atoms with Gasteiger partial charge < -0.3 is 0 Å². The van der Waals surface area contributed by atoms with Crippen molar-refractivity contribution in [3.8, 4) is 0 Å². The van der Waals surface area contributed by atoms with Crippen LogP contribution in [0.1, 0.15) is 5.56 Å². The van der Waals surface area contributed by atoms with Crippen LogP contribution in [0.5, 0.6) is 0 Å². The van der Waals surface area contributed by atoms with Crippen LogP contribution < -0.4 is 0 Å². The van der Waals surface area contributed by atoms with Crippen molar-refractivity contribution in [3.63, 3.8) is 0 Å². The summed E-state index contributed by atoms with van der Waals surface area (Å²) in [5.74, 6) is -1.53. The van der Waals surface area contributed by atoms with Gasteiger partial charge in [-0.05, 0) is 18.6 Å². The Bertz CT molecular complexity index is 203. The Balaban J connectivity index is 0.000000810. The Morgan fingerprint density at radius 3 is 2.20 bits per heavy atom. The van der Waals surface area contributed by atoms with Gasteiger partial charge in [0.1, 0.15) is 0 Å². The number of halogens is 3. The Labute approximate surface area is 68.6 Å². The van der Waals surface area contributed by atoms with Crippen LogP contribution in [0.15, 0.2) is 18.2 Å². The first-order valence-electron chi connectivity index (χ1n) is 2.62. The molecule has 0 aliphatic carbocycles. The third kappa shape index (κ3) is 1.77. The maximum absolute atomic E-state index is 12.4. The molecule has 1 rings (SSSR count). The fraction of sp³-hybridized carbons (Fsp3) is 0.143. The number of rotatable bonds is 0. The molecule has 1 aromatic rings. The molecule has 0 nitrogen and oxygen atoms in total. The molecular weight excluding hydrogens is 202 g/mol. The Kier molecular flexibility index (Phi) is 3.50. The molecule has 0 aromatic heterocycles. The summed E-state index contributed by atoms with van der Waals surface area (Å²) in [7, 11) is 0. The van der Waals surface area contributed by atoms with Crippen molar-refractivity contribution in [2.24, 2.45) is 0 Å². The molecule has 10 heavy (non-hydrogen) atoms. The SMILES string of the molecule is Br.Cc1cccc(F)c1F. The van der Waals surface area contributed by atoms with Crippen LogP contribution in [-0.4, -0.2) is 0 Å². The minimum atomic E-state index is -0.782. The molecule has 0 fully saturated rings. The maximum atomic E-state index is 12.4. The van der Waals surface area contributed by atoms with E-state index in [1.54, 1.807) is 0 Å². The van der Waals surface area contributed by atoms with Crippen molar-refractivity contribution in [3.05, 3.63) is 35.4 Å². The van der Waals surface area contributed by atoms with Crippen LogP contribution in [0.25, 0.3) is 0 Å². The van der Waals surface area contributed by atoms with E-state index in [0.717, 1.165) is 6.07 Å². The molecule has 56 valence electrons. The molecular formula is C7H7BrF2. The summed E-state index contributed by atoms with van der Waals surface area (Å²) < 4.78 is 24.6. The number of hydrogen-bond donors (Lipinski definition) is 0. The molecule has 0 heterocycles. The van der Waals surface area contributed by atoms with Crippen LogP contribution in [0.3, 0.4) is 0 Å². The van der Waals surface area contributed by atoms with Gasteiger partial charge in [0.05, 0.1) is 0 Å². The average molecular weight is 209 g/mol. The molecule has 0 bridgehead atoms. The van der Waals surface area contributed by atoms with Gasteiger partial charge in [-0.3, -0.25) is 0 Å². The largest absolute Gasteiger partial charge is 0.204 e. The zero-order chi connectivity index (χ0) is 6.85. The van der Waals surface area contributed by atoms with Crippen molar-refractivity contribution < 1.29 is 8.78 Å². The first kappa shape index (κ1) is 9.56. The van der Waals surface area contributed by atoms with Gasteiger partial charge in [-0.1, -0.05) is 12.1 Å². The molecule has 0 saturated carbocycles. The van der Waals surface area contributed by atoms with Gasteiger partial charge in [-0.25, -0.2) is 8.78 Å². The molecule has 0 N–H and O–H groups in total. The second kappa shape index (κ2) is 3.66. The Hall–Kier alpha value is -0.440. The smallest absolute Gasteiger partial charge is 0.161 e. The summed E-state index contributed by atoms with van der Waals surface area (Å²) in [4.78, 5) is 0. The zero-order valence-electron chi connectivity index (χ0n) is 5.40. The summed E-state index contributed by atoms with van der Waals surface area (Å²) in [6.45, 7) is 1.53. The van der Waals surface area contributed by atoms with Gasteiger partial charge in [0, 0.05) is 0 Å². The normalized spacial score (nSPS) is 8.70. The van der Waals surface area contributed by atoms with E-state index < -0.39 is 11.6 Å². The zero-order valence-corrected chi connectivity index (χ0v) is 7.11. The highest BCUT2D eigenvalue weighted by atomic mass is 79.9. The van der Waals surface area contributed by atoms with E-state index in [1.807, 2.05) is 0 Å². The van der Waals surface area contributed by atoms with Crippen molar-refractivity contribution in [2.75, 3.05) is 0 Å². The molecule has 0 saturated heterocycles. The maximum Gasteiger partial charge on any atom is 0.161 e. The van der Waals surface area contributed by atoms with E-state index in [0.29, 0.717) is 5.56 Å². The van der Waals surface area contributed by atoms with Crippen molar-refractivity contribution in [1.82, 2.24) is 0 Å². The van der Waals surface area contributed by atoms with E-state index in [4.69, 9.17) is 0 Å². The van der Waals surface area contributed by atoms with Gasteiger partial charge in [-0.15, -0.1) is 17.0 Å². The molecule has 0 aliphatic heterocycles. The Morgan fingerprint density at radius 2 is 1.80 bits per heavy atom. The van der Waals surface area contributed by atoms with E-state index in [2.05, 4.69) is 0 Å². The fourth-order valence-corrected chi connectivity index (χ4v) is 0.612. The Morgan fingerprint density at radius 1 is 1.20 bits per heavy atom. The summed E-state index contributed by atoms with van der Waals surface area (Å²) >= 11 is 0. The first-order chi connectivity index (χ1) is 4.22. The average Bonchev–Trinajstić information content (AvgIpc) is 1.83. The van der Waals surface area contributed by atoms with Crippen LogP contribution in [0, 0.1) is 18.6 Å². The number of hydrogen-bond acceptors (Lipinski definition) is 0. The van der Waals surface area contributed by atoms with Gasteiger partial charge in [0.25, 0.3) is 0 Å². The molecule has 3 heteroatoms. The van der Waals surface area contributed by atoms with Crippen LogP contribution in [0.4, 0.5) is 8.78 Å². The van der Waals surface area contributed by atoms with Gasteiger partial charge in [-0.2, -0.15) is 0 Å². The number of benzene rings is 1. The number of aryl methyl sites for hydroxylation is 1. The molecule has 0 unspecified atom stereocenters. The highest BCUT2D eigenvalue weighted by Crippen LogP contribution is 2.08. The highest BCUT2D eigenvalue weighted by Gasteiger charge is 2.00. The van der Waals surface area contributed by atoms with Crippen molar-refractivity contribution >= 4 is 17.0 Å². The van der Waals surface area contributed by atoms with E-state index in [1.165, 1.54) is 19.1 Å². The molecule has 1 aromatic carbocycles. The standard InChI is InChI=1S/C7H6F2.BrH/c1-5-3-2-4-6(8)7(5)9;/h2-4H,1H3;1H. The minimum Gasteiger partial charge on any atom is -0.204 e. The second-order valence-corrected chi connectivity index (χ2v) is 1.87. The summed E-state index contributed by atoms with van der Waals surface area (Å²) in [6.07, 6.45) is 0. The molecule has 0 atom stereocenters. The molecule has 0 aliphatic rings. The fourth-order valence-electron chi connectivity index (χ4n) is 0.612. The first-order valence-corrected chi connectivity index (χ1v) is 2.62. The topological polar surface area (TPSA) is 0 Å². The summed E-state index contributed by atoms with van der Waals surface area (Å²) in [5.41, 5.74) is 0.343. The monoisotopic (exact) mass is 208 g/mol. The summed E-state index contributed by atoms with van der Waals surface area (Å²) in [6, 6.07) is 4.11. The minimum absolute atomic E-state index is 0. The lowest BCUT2D eigenvalue weighted by Crippen LogP contribution is -1.85. The van der Waals surface area contributed by atoms with E-state index >= 15 is 0 Å². The van der Waals surface area contributed by atoms with Crippen LogP contribution in [-0.2, 0) is 0 Å². The van der Waals surface area contributed by atoms with Gasteiger partial charge in [0.2, 0.25) is 0 Å². The molecule has 0 radical (unpaired) electrons. The van der Waals surface area contributed by atoms with E-state index in [9.17, 15) is 8.78 Å². The predicted octanol–water partition coefficient (Wildman–Crippen LogP) is 2.85. The lowest BCUT2D eigenvalue weighted by molar-refractivity contribution is 0.503. The van der Waals surface area contributed by atoms with Crippen LogP contribution in [0.2, 0.25) is 0 Å².